The van der Waals surface area contributed by atoms with Crippen LogP contribution in [0.25, 0.3) is 6.08 Å². The van der Waals surface area contributed by atoms with Gasteiger partial charge in [0.05, 0.1) is 10.6 Å². The van der Waals surface area contributed by atoms with Gasteiger partial charge in [0.1, 0.15) is 0 Å². The topological polar surface area (TPSA) is 67.8 Å². The Labute approximate surface area is 153 Å². The molecule has 25 heavy (non-hydrogen) atoms. The summed E-state index contributed by atoms with van der Waals surface area (Å²) in [5.41, 5.74) is 2.06. The lowest BCUT2D eigenvalue weighted by Gasteiger charge is -2.02. The maximum Gasteiger partial charge on any atom is 0.363 e. The summed E-state index contributed by atoms with van der Waals surface area (Å²) in [7, 11) is 0. The van der Waals surface area contributed by atoms with Crippen molar-refractivity contribution in [3.63, 3.8) is 0 Å². The molecule has 7 heteroatoms. The molecule has 0 saturated carbocycles. The van der Waals surface area contributed by atoms with Gasteiger partial charge < -0.3 is 10.1 Å². The van der Waals surface area contributed by atoms with E-state index in [-0.39, 0.29) is 17.5 Å². The Balaban J connectivity index is 1.86. The predicted octanol–water partition coefficient (Wildman–Crippen LogP) is 4.30. The van der Waals surface area contributed by atoms with Gasteiger partial charge in [-0.2, -0.15) is 0 Å². The Kier molecular flexibility index (Phi) is 4.88. The van der Waals surface area contributed by atoms with E-state index < -0.39 is 5.97 Å². The highest BCUT2D eigenvalue weighted by Gasteiger charge is 2.25. The van der Waals surface area contributed by atoms with Crippen LogP contribution in [0.3, 0.4) is 0 Å². The number of rotatable bonds is 3. The van der Waals surface area contributed by atoms with Crippen molar-refractivity contribution >= 4 is 52.7 Å². The van der Waals surface area contributed by atoms with Crippen LogP contribution in [0.1, 0.15) is 18.1 Å². The van der Waals surface area contributed by atoms with E-state index in [9.17, 15) is 9.59 Å². The zero-order valence-corrected chi connectivity index (χ0v) is 14.6. The highest BCUT2D eigenvalue weighted by molar-refractivity contribution is 6.37. The highest BCUT2D eigenvalue weighted by atomic mass is 35.5. The lowest BCUT2D eigenvalue weighted by atomic mass is 10.1. The number of amides is 1. The van der Waals surface area contributed by atoms with Gasteiger partial charge in [-0.1, -0.05) is 35.3 Å². The van der Waals surface area contributed by atoms with Gasteiger partial charge in [-0.25, -0.2) is 9.79 Å². The van der Waals surface area contributed by atoms with E-state index in [1.54, 1.807) is 48.5 Å². The van der Waals surface area contributed by atoms with Gasteiger partial charge in [0, 0.05) is 17.6 Å². The fourth-order valence-corrected chi connectivity index (χ4v) is 2.70. The smallest absolute Gasteiger partial charge is 0.363 e. The monoisotopic (exact) mass is 374 g/mol. The van der Waals surface area contributed by atoms with Gasteiger partial charge >= 0.3 is 5.97 Å². The normalized spacial score (nSPS) is 15.1. The number of cyclic esters (lactones) is 1. The minimum atomic E-state index is -0.563. The molecule has 0 saturated heterocycles. The molecule has 1 N–H and O–H groups in total. The Hall–Kier alpha value is -2.63. The first-order valence-corrected chi connectivity index (χ1v) is 8.03. The molecule has 126 valence electrons. The number of ether oxygens (including phenoxy) is 1. The molecule has 5 nitrogen and oxygen atoms in total. The van der Waals surface area contributed by atoms with Crippen LogP contribution in [0.15, 0.2) is 53.2 Å². The molecule has 1 amide bonds. The molecule has 0 spiro atoms. The summed E-state index contributed by atoms with van der Waals surface area (Å²) in [6.07, 6.45) is 1.59. The SMILES string of the molecule is CC(=O)Nc1ccc(/C=C2/N=C(c3ccc(Cl)cc3Cl)OC2=O)cc1. The van der Waals surface area contributed by atoms with Crippen LogP contribution < -0.4 is 5.32 Å². The van der Waals surface area contributed by atoms with Crippen LogP contribution in [0.5, 0.6) is 0 Å². The molecule has 3 rings (SSSR count). The second kappa shape index (κ2) is 7.09. The molecule has 2 aromatic carbocycles. The number of hydrogen-bond donors (Lipinski definition) is 1. The standard InChI is InChI=1S/C18H12Cl2N2O3/c1-10(23)21-13-5-2-11(3-6-13)8-16-18(24)25-17(22-16)14-7-4-12(19)9-15(14)20/h2-9H,1H3,(H,21,23)/b16-8+. The molecule has 0 aliphatic carbocycles. The quantitative estimate of drug-likeness (QED) is 0.643. The molecule has 2 aromatic rings. The minimum Gasteiger partial charge on any atom is -0.402 e. The summed E-state index contributed by atoms with van der Waals surface area (Å²) >= 11 is 12.0. The molecule has 0 bridgehead atoms. The zero-order chi connectivity index (χ0) is 18.0. The van der Waals surface area contributed by atoms with Gasteiger partial charge in [-0.15, -0.1) is 0 Å². The van der Waals surface area contributed by atoms with Crippen LogP contribution >= 0.6 is 23.2 Å². The third-order valence-corrected chi connectivity index (χ3v) is 3.86. The van der Waals surface area contributed by atoms with Crippen molar-refractivity contribution in [1.82, 2.24) is 0 Å². The third-order valence-electron chi connectivity index (χ3n) is 3.32. The fraction of sp³-hybridized carbons (Fsp3) is 0.0556. The van der Waals surface area contributed by atoms with Gasteiger partial charge in [-0.05, 0) is 42.0 Å². The average Bonchev–Trinajstić information content (AvgIpc) is 2.89. The molecule has 0 unspecified atom stereocenters. The maximum atomic E-state index is 12.0. The molecule has 0 fully saturated rings. The van der Waals surface area contributed by atoms with Crippen molar-refractivity contribution in [2.24, 2.45) is 4.99 Å². The van der Waals surface area contributed by atoms with Gasteiger partial charge in [-0.3, -0.25) is 4.79 Å². The Bertz CT molecular complexity index is 918. The van der Waals surface area contributed by atoms with Crippen LogP contribution in [0.4, 0.5) is 5.69 Å². The van der Waals surface area contributed by atoms with Crippen LogP contribution in [-0.2, 0) is 14.3 Å². The van der Waals surface area contributed by atoms with E-state index in [4.69, 9.17) is 27.9 Å². The van der Waals surface area contributed by atoms with E-state index in [1.807, 2.05) is 0 Å². The van der Waals surface area contributed by atoms with E-state index in [2.05, 4.69) is 10.3 Å². The van der Waals surface area contributed by atoms with Crippen molar-refractivity contribution in [2.45, 2.75) is 6.92 Å². The van der Waals surface area contributed by atoms with Crippen molar-refractivity contribution in [1.29, 1.82) is 0 Å². The maximum absolute atomic E-state index is 12.0. The molecule has 1 aliphatic rings. The summed E-state index contributed by atoms with van der Waals surface area (Å²) in [6.45, 7) is 1.43. The number of hydrogen-bond acceptors (Lipinski definition) is 4. The van der Waals surface area contributed by atoms with Gasteiger partial charge in [0.25, 0.3) is 0 Å². The molecule has 0 radical (unpaired) electrons. The molecule has 1 heterocycles. The first-order valence-electron chi connectivity index (χ1n) is 7.28. The first kappa shape index (κ1) is 17.2. The molecule has 1 aliphatic heterocycles. The lowest BCUT2D eigenvalue weighted by molar-refractivity contribution is -0.129. The van der Waals surface area contributed by atoms with Gasteiger partial charge in [0.2, 0.25) is 11.8 Å². The Morgan fingerprint density at radius 2 is 1.88 bits per heavy atom. The third kappa shape index (κ3) is 4.07. The number of aliphatic imine (C=N–C) groups is 1. The molecule has 0 atom stereocenters. The first-order chi connectivity index (χ1) is 11.9. The zero-order valence-electron chi connectivity index (χ0n) is 13.0. The summed E-state index contributed by atoms with van der Waals surface area (Å²) < 4.78 is 5.19. The Morgan fingerprint density at radius 1 is 1.16 bits per heavy atom. The second-order valence-electron chi connectivity index (χ2n) is 5.26. The summed E-state index contributed by atoms with van der Waals surface area (Å²) in [4.78, 5) is 27.2. The lowest BCUT2D eigenvalue weighted by Crippen LogP contribution is -2.06. The average molecular weight is 375 g/mol. The van der Waals surface area contributed by atoms with Gasteiger partial charge in [0.15, 0.2) is 5.70 Å². The molecular weight excluding hydrogens is 363 g/mol. The Morgan fingerprint density at radius 3 is 2.52 bits per heavy atom. The van der Waals surface area contributed by atoms with Crippen LogP contribution in [0, 0.1) is 0 Å². The van der Waals surface area contributed by atoms with E-state index >= 15 is 0 Å². The van der Waals surface area contributed by atoms with Crippen molar-refractivity contribution in [3.05, 3.63) is 69.3 Å². The minimum absolute atomic E-state index is 0.132. The van der Waals surface area contributed by atoms with Crippen molar-refractivity contribution in [3.8, 4) is 0 Å². The van der Waals surface area contributed by atoms with E-state index in [1.165, 1.54) is 6.92 Å². The molecular formula is C18H12Cl2N2O3. The number of carbonyl (C=O) groups excluding carboxylic acids is 2. The number of nitrogens with zero attached hydrogens (tertiary/aromatic N) is 1. The fourth-order valence-electron chi connectivity index (χ4n) is 2.21. The summed E-state index contributed by atoms with van der Waals surface area (Å²) in [5.74, 6) is -0.584. The number of nitrogens with one attached hydrogen (secondary N) is 1. The van der Waals surface area contributed by atoms with Crippen LogP contribution in [0.2, 0.25) is 10.0 Å². The van der Waals surface area contributed by atoms with Crippen molar-refractivity contribution < 1.29 is 14.3 Å². The van der Waals surface area contributed by atoms with Crippen LogP contribution in [-0.4, -0.2) is 17.8 Å². The number of carbonyl (C=O) groups is 2. The van der Waals surface area contributed by atoms with E-state index in [0.29, 0.717) is 21.3 Å². The largest absolute Gasteiger partial charge is 0.402 e. The van der Waals surface area contributed by atoms with Crippen molar-refractivity contribution in [2.75, 3.05) is 5.32 Å². The number of halogens is 2. The number of esters is 1. The summed E-state index contributed by atoms with van der Waals surface area (Å²) in [5, 5.41) is 3.50. The predicted molar refractivity (Wildman–Crippen MR) is 97.8 cm³/mol. The number of benzene rings is 2. The number of anilines is 1. The van der Waals surface area contributed by atoms with E-state index in [0.717, 1.165) is 5.56 Å². The highest BCUT2D eigenvalue weighted by Crippen LogP contribution is 2.26. The summed E-state index contributed by atoms with van der Waals surface area (Å²) in [6, 6.07) is 11.8. The molecule has 0 aromatic heterocycles. The second-order valence-corrected chi connectivity index (χ2v) is 6.11.